The van der Waals surface area contributed by atoms with E-state index in [0.717, 1.165) is 31.9 Å². The Morgan fingerprint density at radius 2 is 1.89 bits per heavy atom. The van der Waals surface area contributed by atoms with Crippen LogP contribution in [-0.2, 0) is 9.47 Å². The number of ether oxygens (including phenoxy) is 2. The molecule has 1 atom stereocenters. The Hall–Kier alpha value is 0.230. The lowest BCUT2D eigenvalue weighted by Gasteiger charge is -2.34. The van der Waals surface area contributed by atoms with Gasteiger partial charge in [-0.15, -0.1) is 0 Å². The molecular formula is C15H27NO2S. The summed E-state index contributed by atoms with van der Waals surface area (Å²) in [4.78, 5) is 0. The quantitative estimate of drug-likeness (QED) is 0.864. The predicted octanol–water partition coefficient (Wildman–Crippen LogP) is 2.79. The van der Waals surface area contributed by atoms with Crippen LogP contribution in [0.3, 0.4) is 0 Å². The van der Waals surface area contributed by atoms with Gasteiger partial charge < -0.3 is 14.8 Å². The molecule has 0 amide bonds. The number of thioether (sulfide) groups is 1. The molecule has 0 aromatic carbocycles. The summed E-state index contributed by atoms with van der Waals surface area (Å²) in [5, 5.41) is 3.68. The molecule has 1 spiro atoms. The van der Waals surface area contributed by atoms with Gasteiger partial charge in [0.15, 0.2) is 5.79 Å². The molecule has 0 bridgehead atoms. The zero-order valence-electron chi connectivity index (χ0n) is 12.0. The van der Waals surface area contributed by atoms with E-state index in [1.165, 1.54) is 37.2 Å². The molecule has 0 aromatic rings. The molecule has 1 aliphatic carbocycles. The lowest BCUT2D eigenvalue weighted by atomic mass is 9.86. The molecule has 110 valence electrons. The van der Waals surface area contributed by atoms with Gasteiger partial charge in [0.25, 0.3) is 0 Å². The number of hydrogen-bond donors (Lipinski definition) is 1. The molecule has 2 aliphatic heterocycles. The topological polar surface area (TPSA) is 30.5 Å². The molecule has 1 N–H and O–H groups in total. The average molecular weight is 285 g/mol. The van der Waals surface area contributed by atoms with E-state index in [2.05, 4.69) is 24.0 Å². The molecule has 1 saturated carbocycles. The van der Waals surface area contributed by atoms with E-state index in [0.29, 0.717) is 6.04 Å². The second-order valence-electron chi connectivity index (χ2n) is 6.44. The Labute approximate surface area is 121 Å². The van der Waals surface area contributed by atoms with Gasteiger partial charge in [-0.1, -0.05) is 6.92 Å². The van der Waals surface area contributed by atoms with Gasteiger partial charge in [0.1, 0.15) is 0 Å². The standard InChI is InChI=1S/C15H27NO2S/c1-12-2-6-15(7-3-12)17-11-14(18-15)10-16-13-4-8-19-9-5-13/h12-14,16H,2-11H2,1H3. The van der Waals surface area contributed by atoms with E-state index in [1.807, 2.05) is 0 Å². The maximum absolute atomic E-state index is 6.24. The van der Waals surface area contributed by atoms with Gasteiger partial charge in [-0.3, -0.25) is 0 Å². The Bertz CT molecular complexity index is 286. The first-order chi connectivity index (χ1) is 9.26. The largest absolute Gasteiger partial charge is 0.347 e. The molecule has 2 heterocycles. The zero-order chi connectivity index (χ0) is 13.1. The molecule has 4 heteroatoms. The first-order valence-corrected chi connectivity index (χ1v) is 9.04. The maximum atomic E-state index is 6.24. The number of nitrogens with one attached hydrogen (secondary N) is 1. The van der Waals surface area contributed by atoms with Crippen LogP contribution in [0.4, 0.5) is 0 Å². The van der Waals surface area contributed by atoms with Crippen LogP contribution in [0.5, 0.6) is 0 Å². The van der Waals surface area contributed by atoms with E-state index in [-0.39, 0.29) is 11.9 Å². The van der Waals surface area contributed by atoms with E-state index in [1.54, 1.807) is 0 Å². The Balaban J connectivity index is 1.41. The summed E-state index contributed by atoms with van der Waals surface area (Å²) in [7, 11) is 0. The highest BCUT2D eigenvalue weighted by Crippen LogP contribution is 2.39. The van der Waals surface area contributed by atoms with Crippen molar-refractivity contribution in [3.05, 3.63) is 0 Å². The van der Waals surface area contributed by atoms with Crippen LogP contribution in [-0.4, -0.2) is 42.6 Å². The second-order valence-corrected chi connectivity index (χ2v) is 7.66. The fourth-order valence-electron chi connectivity index (χ4n) is 3.38. The third-order valence-electron chi connectivity index (χ3n) is 4.81. The van der Waals surface area contributed by atoms with E-state index in [4.69, 9.17) is 9.47 Å². The van der Waals surface area contributed by atoms with E-state index >= 15 is 0 Å². The fourth-order valence-corrected chi connectivity index (χ4v) is 4.49. The maximum Gasteiger partial charge on any atom is 0.168 e. The minimum Gasteiger partial charge on any atom is -0.347 e. The Morgan fingerprint density at radius 3 is 2.63 bits per heavy atom. The molecule has 3 aliphatic rings. The summed E-state index contributed by atoms with van der Waals surface area (Å²) in [5.74, 6) is 3.24. The van der Waals surface area contributed by atoms with Crippen LogP contribution < -0.4 is 5.32 Å². The van der Waals surface area contributed by atoms with Crippen molar-refractivity contribution in [2.45, 2.75) is 63.4 Å². The SMILES string of the molecule is CC1CCC2(CC1)OCC(CNC1CCSCC1)O2. The molecular weight excluding hydrogens is 258 g/mol. The van der Waals surface area contributed by atoms with Crippen LogP contribution in [0.25, 0.3) is 0 Å². The minimum absolute atomic E-state index is 0.221. The van der Waals surface area contributed by atoms with Crippen LogP contribution in [0, 0.1) is 5.92 Å². The summed E-state index contributed by atoms with van der Waals surface area (Å²) in [6.07, 6.45) is 7.56. The van der Waals surface area contributed by atoms with Gasteiger partial charge in [0, 0.05) is 25.4 Å². The van der Waals surface area contributed by atoms with Crippen LogP contribution >= 0.6 is 11.8 Å². The summed E-state index contributed by atoms with van der Waals surface area (Å²) in [6, 6.07) is 0.702. The highest BCUT2D eigenvalue weighted by Gasteiger charge is 2.43. The van der Waals surface area contributed by atoms with Crippen molar-refractivity contribution in [2.24, 2.45) is 5.92 Å². The van der Waals surface area contributed by atoms with Crippen molar-refractivity contribution in [2.75, 3.05) is 24.7 Å². The Kier molecular flexibility index (Phi) is 4.73. The third kappa shape index (κ3) is 3.66. The van der Waals surface area contributed by atoms with E-state index in [9.17, 15) is 0 Å². The first-order valence-electron chi connectivity index (χ1n) is 7.89. The second kappa shape index (κ2) is 6.33. The van der Waals surface area contributed by atoms with Gasteiger partial charge in [-0.05, 0) is 43.1 Å². The van der Waals surface area contributed by atoms with Gasteiger partial charge in [-0.25, -0.2) is 0 Å². The molecule has 2 saturated heterocycles. The molecule has 3 fully saturated rings. The fraction of sp³-hybridized carbons (Fsp3) is 1.00. The van der Waals surface area contributed by atoms with Crippen molar-refractivity contribution < 1.29 is 9.47 Å². The molecule has 1 unspecified atom stereocenters. The molecule has 3 nitrogen and oxygen atoms in total. The summed E-state index contributed by atoms with van der Waals surface area (Å²) in [5.41, 5.74) is 0. The predicted molar refractivity (Wildman–Crippen MR) is 79.5 cm³/mol. The summed E-state index contributed by atoms with van der Waals surface area (Å²) >= 11 is 2.08. The number of rotatable bonds is 3. The van der Waals surface area contributed by atoms with Crippen LogP contribution in [0.2, 0.25) is 0 Å². The van der Waals surface area contributed by atoms with Crippen molar-refractivity contribution in [1.82, 2.24) is 5.32 Å². The molecule has 0 radical (unpaired) electrons. The lowest BCUT2D eigenvalue weighted by Crippen LogP contribution is -2.40. The van der Waals surface area contributed by atoms with Gasteiger partial charge in [-0.2, -0.15) is 11.8 Å². The van der Waals surface area contributed by atoms with Crippen molar-refractivity contribution in [3.8, 4) is 0 Å². The highest BCUT2D eigenvalue weighted by molar-refractivity contribution is 7.99. The Morgan fingerprint density at radius 1 is 1.16 bits per heavy atom. The van der Waals surface area contributed by atoms with Crippen molar-refractivity contribution in [3.63, 3.8) is 0 Å². The van der Waals surface area contributed by atoms with Crippen molar-refractivity contribution >= 4 is 11.8 Å². The highest BCUT2D eigenvalue weighted by atomic mass is 32.2. The summed E-state index contributed by atoms with van der Waals surface area (Å²) < 4.78 is 12.3. The minimum atomic E-state index is -0.221. The van der Waals surface area contributed by atoms with Crippen molar-refractivity contribution in [1.29, 1.82) is 0 Å². The van der Waals surface area contributed by atoms with Gasteiger partial charge >= 0.3 is 0 Å². The molecule has 19 heavy (non-hydrogen) atoms. The zero-order valence-corrected chi connectivity index (χ0v) is 12.8. The van der Waals surface area contributed by atoms with Crippen LogP contribution in [0.15, 0.2) is 0 Å². The third-order valence-corrected chi connectivity index (χ3v) is 5.85. The molecule has 0 aromatic heterocycles. The molecule has 3 rings (SSSR count). The average Bonchev–Trinajstić information content (AvgIpc) is 2.85. The number of hydrogen-bond acceptors (Lipinski definition) is 4. The van der Waals surface area contributed by atoms with Gasteiger partial charge in [0.05, 0.1) is 12.7 Å². The smallest absolute Gasteiger partial charge is 0.168 e. The summed E-state index contributed by atoms with van der Waals surface area (Å²) in [6.45, 7) is 4.08. The van der Waals surface area contributed by atoms with E-state index < -0.39 is 0 Å². The lowest BCUT2D eigenvalue weighted by molar-refractivity contribution is -0.191. The monoisotopic (exact) mass is 285 g/mol. The van der Waals surface area contributed by atoms with Gasteiger partial charge in [0.2, 0.25) is 0 Å². The normalized spacial score (nSPS) is 40.9. The first kappa shape index (κ1) is 14.2. The van der Waals surface area contributed by atoms with Crippen LogP contribution in [0.1, 0.15) is 45.4 Å².